The summed E-state index contributed by atoms with van der Waals surface area (Å²) in [5, 5.41) is 3.79. The fourth-order valence-corrected chi connectivity index (χ4v) is 2.66. The summed E-state index contributed by atoms with van der Waals surface area (Å²) in [4.78, 5) is 35.1. The summed E-state index contributed by atoms with van der Waals surface area (Å²) in [5.41, 5.74) is 1.38. The molecular formula is C17H18ClN5O2. The van der Waals surface area contributed by atoms with Crippen LogP contribution in [0.1, 0.15) is 16.1 Å². The Kier molecular flexibility index (Phi) is 5.45. The van der Waals surface area contributed by atoms with E-state index in [-0.39, 0.29) is 5.91 Å². The molecule has 1 aromatic heterocycles. The predicted octanol–water partition coefficient (Wildman–Crippen LogP) is 1.66. The molecule has 1 aromatic carbocycles. The van der Waals surface area contributed by atoms with Gasteiger partial charge in [-0.2, -0.15) is 0 Å². The highest BCUT2D eigenvalue weighted by atomic mass is 35.5. The summed E-state index contributed by atoms with van der Waals surface area (Å²) in [5.74, 6) is 0.245. The number of aromatic nitrogens is 2. The Morgan fingerprint density at radius 3 is 2.56 bits per heavy atom. The second-order valence-electron chi connectivity index (χ2n) is 5.68. The Bertz CT molecular complexity index is 745. The van der Waals surface area contributed by atoms with E-state index in [1.807, 2.05) is 24.3 Å². The number of carbonyl (C=O) groups excluding carboxylic acids is 2. The smallest absolute Gasteiger partial charge is 0.272 e. The minimum atomic E-state index is -0.150. The van der Waals surface area contributed by atoms with Crippen LogP contribution in [-0.4, -0.2) is 58.3 Å². The normalized spacial score (nSPS) is 14.3. The molecule has 0 radical (unpaired) electrons. The van der Waals surface area contributed by atoms with Crippen molar-refractivity contribution in [3.8, 4) is 0 Å². The summed E-state index contributed by atoms with van der Waals surface area (Å²) in [6.45, 7) is 2.64. The highest BCUT2D eigenvalue weighted by molar-refractivity contribution is 6.30. The molecule has 0 bridgehead atoms. The van der Waals surface area contributed by atoms with Gasteiger partial charge in [0.25, 0.3) is 5.91 Å². The maximum atomic E-state index is 12.5. The molecule has 0 saturated carbocycles. The zero-order valence-electron chi connectivity index (χ0n) is 13.6. The van der Waals surface area contributed by atoms with Gasteiger partial charge in [-0.15, -0.1) is 0 Å². The molecule has 0 spiro atoms. The molecule has 25 heavy (non-hydrogen) atoms. The van der Waals surface area contributed by atoms with Crippen molar-refractivity contribution in [3.05, 3.63) is 52.8 Å². The van der Waals surface area contributed by atoms with Crippen LogP contribution >= 0.6 is 11.6 Å². The lowest BCUT2D eigenvalue weighted by Crippen LogP contribution is -2.48. The largest absolute Gasteiger partial charge is 0.350 e. The summed E-state index contributed by atoms with van der Waals surface area (Å²) >= 11 is 5.87. The third kappa shape index (κ3) is 4.45. The van der Waals surface area contributed by atoms with Crippen molar-refractivity contribution < 1.29 is 9.59 Å². The number of halogens is 1. The van der Waals surface area contributed by atoms with Gasteiger partial charge in [-0.05, 0) is 23.8 Å². The molecule has 3 rings (SSSR count). The number of carbonyl (C=O) groups is 2. The Morgan fingerprint density at radius 2 is 1.88 bits per heavy atom. The first-order chi connectivity index (χ1) is 12.2. The van der Waals surface area contributed by atoms with Gasteiger partial charge in [0, 0.05) is 43.9 Å². The predicted molar refractivity (Wildman–Crippen MR) is 94.4 cm³/mol. The molecule has 2 heterocycles. The molecule has 1 aliphatic heterocycles. The highest BCUT2D eigenvalue weighted by Crippen LogP contribution is 2.12. The highest BCUT2D eigenvalue weighted by Gasteiger charge is 2.22. The van der Waals surface area contributed by atoms with Crippen LogP contribution in [0.15, 0.2) is 36.5 Å². The van der Waals surface area contributed by atoms with E-state index in [0.29, 0.717) is 49.4 Å². The van der Waals surface area contributed by atoms with Crippen LogP contribution in [0.2, 0.25) is 5.02 Å². The average molecular weight is 360 g/mol. The van der Waals surface area contributed by atoms with Crippen molar-refractivity contribution in [2.75, 3.05) is 31.5 Å². The van der Waals surface area contributed by atoms with Crippen LogP contribution in [0.4, 0.5) is 5.95 Å². The second kappa shape index (κ2) is 7.94. The summed E-state index contributed by atoms with van der Waals surface area (Å²) in [6, 6.07) is 9.06. The topological polar surface area (TPSA) is 78.4 Å². The molecule has 2 aromatic rings. The monoisotopic (exact) mass is 359 g/mol. The van der Waals surface area contributed by atoms with Crippen molar-refractivity contribution in [2.24, 2.45) is 0 Å². The second-order valence-corrected chi connectivity index (χ2v) is 6.12. The van der Waals surface area contributed by atoms with Crippen molar-refractivity contribution >= 4 is 29.9 Å². The van der Waals surface area contributed by atoms with Crippen LogP contribution in [0, 0.1) is 0 Å². The number of piperazine rings is 1. The van der Waals surface area contributed by atoms with Gasteiger partial charge in [0.15, 0.2) is 0 Å². The van der Waals surface area contributed by atoms with Gasteiger partial charge in [0.05, 0.1) is 0 Å². The number of amides is 2. The van der Waals surface area contributed by atoms with E-state index in [9.17, 15) is 9.59 Å². The van der Waals surface area contributed by atoms with E-state index < -0.39 is 0 Å². The van der Waals surface area contributed by atoms with E-state index in [1.165, 1.54) is 0 Å². The molecule has 1 saturated heterocycles. The Hall–Kier alpha value is -2.67. The van der Waals surface area contributed by atoms with Gasteiger partial charge in [-0.25, -0.2) is 9.97 Å². The molecule has 1 N–H and O–H groups in total. The first-order valence-electron chi connectivity index (χ1n) is 7.96. The number of hydrogen-bond donors (Lipinski definition) is 1. The lowest BCUT2D eigenvalue weighted by molar-refractivity contribution is -0.119. The average Bonchev–Trinajstić information content (AvgIpc) is 2.67. The molecule has 130 valence electrons. The molecular weight excluding hydrogens is 342 g/mol. The van der Waals surface area contributed by atoms with Gasteiger partial charge in [-0.3, -0.25) is 9.59 Å². The van der Waals surface area contributed by atoms with Crippen molar-refractivity contribution in [2.45, 2.75) is 6.54 Å². The van der Waals surface area contributed by atoms with Crippen LogP contribution in [-0.2, 0) is 11.3 Å². The first-order valence-corrected chi connectivity index (χ1v) is 8.33. The van der Waals surface area contributed by atoms with E-state index in [2.05, 4.69) is 15.3 Å². The SMILES string of the molecule is O=CN1CCN(C(=O)c2ccnc(NCc3ccc(Cl)cc3)n2)CC1. The van der Waals surface area contributed by atoms with Gasteiger partial charge in [-0.1, -0.05) is 23.7 Å². The van der Waals surface area contributed by atoms with Crippen molar-refractivity contribution in [1.29, 1.82) is 0 Å². The minimum Gasteiger partial charge on any atom is -0.350 e. The minimum absolute atomic E-state index is 0.150. The van der Waals surface area contributed by atoms with Crippen molar-refractivity contribution in [1.82, 2.24) is 19.8 Å². The fraction of sp³-hybridized carbons (Fsp3) is 0.294. The Balaban J connectivity index is 1.61. The number of anilines is 1. The maximum Gasteiger partial charge on any atom is 0.272 e. The van der Waals surface area contributed by atoms with Gasteiger partial charge in [0.1, 0.15) is 5.69 Å². The zero-order valence-corrected chi connectivity index (χ0v) is 14.3. The number of rotatable bonds is 5. The zero-order chi connectivity index (χ0) is 17.6. The van der Waals surface area contributed by atoms with Gasteiger partial charge >= 0.3 is 0 Å². The third-order valence-corrected chi connectivity index (χ3v) is 4.24. The van der Waals surface area contributed by atoms with E-state index in [4.69, 9.17) is 11.6 Å². The number of benzene rings is 1. The van der Waals surface area contributed by atoms with Gasteiger partial charge in [0.2, 0.25) is 12.4 Å². The summed E-state index contributed by atoms with van der Waals surface area (Å²) in [7, 11) is 0. The molecule has 1 aliphatic rings. The third-order valence-electron chi connectivity index (χ3n) is 3.99. The standard InChI is InChI=1S/C17H18ClN5O2/c18-14-3-1-13(2-4-14)11-20-17-19-6-5-15(21-17)16(25)23-9-7-22(12-24)8-10-23/h1-6,12H,7-11H2,(H,19,20,21). The molecule has 0 aliphatic carbocycles. The molecule has 1 fully saturated rings. The number of nitrogens with one attached hydrogen (secondary N) is 1. The van der Waals surface area contributed by atoms with Crippen LogP contribution in [0.5, 0.6) is 0 Å². The molecule has 7 nitrogen and oxygen atoms in total. The summed E-state index contributed by atoms with van der Waals surface area (Å²) in [6.07, 6.45) is 2.37. The quantitative estimate of drug-likeness (QED) is 0.821. The fourth-order valence-electron chi connectivity index (χ4n) is 2.54. The Morgan fingerprint density at radius 1 is 1.16 bits per heavy atom. The lowest BCUT2D eigenvalue weighted by Gasteiger charge is -2.32. The number of hydrogen-bond acceptors (Lipinski definition) is 5. The number of nitrogens with zero attached hydrogens (tertiary/aromatic N) is 4. The summed E-state index contributed by atoms with van der Waals surface area (Å²) < 4.78 is 0. The molecule has 8 heteroatoms. The van der Waals surface area contributed by atoms with E-state index in [1.54, 1.807) is 22.1 Å². The van der Waals surface area contributed by atoms with Crippen molar-refractivity contribution in [3.63, 3.8) is 0 Å². The lowest BCUT2D eigenvalue weighted by atomic mass is 10.2. The maximum absolute atomic E-state index is 12.5. The van der Waals surface area contributed by atoms with Gasteiger partial charge < -0.3 is 15.1 Å². The van der Waals surface area contributed by atoms with Crippen LogP contribution in [0.25, 0.3) is 0 Å². The first kappa shape index (κ1) is 17.2. The molecule has 2 amide bonds. The van der Waals surface area contributed by atoms with Crippen LogP contribution < -0.4 is 5.32 Å². The van der Waals surface area contributed by atoms with E-state index in [0.717, 1.165) is 12.0 Å². The molecule has 0 atom stereocenters. The van der Waals surface area contributed by atoms with Crippen LogP contribution in [0.3, 0.4) is 0 Å². The van der Waals surface area contributed by atoms with E-state index >= 15 is 0 Å². The Labute approximate surface area is 150 Å². The molecule has 0 unspecified atom stereocenters.